The highest BCUT2D eigenvalue weighted by Crippen LogP contribution is 2.16. The van der Waals surface area contributed by atoms with E-state index in [-0.39, 0.29) is 17.2 Å². The van der Waals surface area contributed by atoms with Crippen LogP contribution in [0.15, 0.2) is 53.3 Å². The summed E-state index contributed by atoms with van der Waals surface area (Å²) in [4.78, 5) is 47.8. The van der Waals surface area contributed by atoms with Gasteiger partial charge in [-0.3, -0.25) is 14.4 Å². The molecule has 3 aromatic rings. The Labute approximate surface area is 165 Å². The highest BCUT2D eigenvalue weighted by atomic mass is 16.5. The van der Waals surface area contributed by atoms with E-state index >= 15 is 0 Å². The van der Waals surface area contributed by atoms with Crippen LogP contribution in [0.5, 0.6) is 0 Å². The molecule has 0 unspecified atom stereocenters. The van der Waals surface area contributed by atoms with Crippen molar-refractivity contribution in [1.29, 1.82) is 0 Å². The van der Waals surface area contributed by atoms with Gasteiger partial charge in [0.1, 0.15) is 0 Å². The largest absolute Gasteiger partial charge is 0.451 e. The first-order chi connectivity index (χ1) is 13.8. The normalized spacial score (nSPS) is 10.4. The van der Waals surface area contributed by atoms with Crippen LogP contribution in [-0.2, 0) is 21.4 Å². The number of ether oxygens (including phenoxy) is 1. The van der Waals surface area contributed by atoms with E-state index in [1.54, 1.807) is 48.5 Å². The van der Waals surface area contributed by atoms with Gasteiger partial charge >= 0.3 is 5.97 Å². The van der Waals surface area contributed by atoms with Gasteiger partial charge in [-0.25, -0.2) is 9.48 Å². The van der Waals surface area contributed by atoms with Gasteiger partial charge < -0.3 is 15.4 Å². The van der Waals surface area contributed by atoms with Crippen LogP contribution >= 0.6 is 0 Å². The summed E-state index contributed by atoms with van der Waals surface area (Å²) in [5, 5.41) is 9.82. The van der Waals surface area contributed by atoms with E-state index in [1.165, 1.54) is 14.0 Å². The molecule has 29 heavy (non-hydrogen) atoms. The number of nitrogens with zero attached hydrogens (tertiary/aromatic N) is 2. The van der Waals surface area contributed by atoms with Crippen molar-refractivity contribution in [3.8, 4) is 0 Å². The van der Waals surface area contributed by atoms with Crippen molar-refractivity contribution in [1.82, 2.24) is 9.78 Å². The highest BCUT2D eigenvalue weighted by molar-refractivity contribution is 6.03. The molecular weight excluding hydrogens is 376 g/mol. The summed E-state index contributed by atoms with van der Waals surface area (Å²) in [6.07, 6.45) is 0. The molecule has 0 saturated carbocycles. The molecule has 0 aliphatic rings. The number of rotatable bonds is 5. The lowest BCUT2D eigenvalue weighted by Crippen LogP contribution is -2.26. The Hall–Kier alpha value is -4.01. The Bertz CT molecular complexity index is 1170. The highest BCUT2D eigenvalue weighted by Gasteiger charge is 2.18. The van der Waals surface area contributed by atoms with Crippen LogP contribution in [0.1, 0.15) is 17.4 Å². The molecule has 0 spiro atoms. The van der Waals surface area contributed by atoms with Gasteiger partial charge in [-0.05, 0) is 24.3 Å². The van der Waals surface area contributed by atoms with Crippen LogP contribution < -0.4 is 16.2 Å². The van der Waals surface area contributed by atoms with Crippen molar-refractivity contribution in [2.24, 2.45) is 7.05 Å². The summed E-state index contributed by atoms with van der Waals surface area (Å²) in [6.45, 7) is 0.837. The SMILES string of the molecule is CC(=O)Nc1cccc(NC(=O)COC(=O)c2nn(C)c(=O)c3ccccc23)c1. The van der Waals surface area contributed by atoms with Crippen molar-refractivity contribution in [3.05, 3.63) is 64.6 Å². The number of anilines is 2. The lowest BCUT2D eigenvalue weighted by molar-refractivity contribution is -0.119. The number of amides is 2. The first-order valence-electron chi connectivity index (χ1n) is 8.66. The molecule has 0 aliphatic heterocycles. The van der Waals surface area contributed by atoms with Crippen LogP contribution in [0.3, 0.4) is 0 Å². The number of esters is 1. The molecule has 2 amide bonds. The lowest BCUT2D eigenvalue weighted by atomic mass is 10.1. The Kier molecular flexibility index (Phi) is 5.68. The van der Waals surface area contributed by atoms with E-state index < -0.39 is 18.5 Å². The van der Waals surface area contributed by atoms with E-state index in [2.05, 4.69) is 15.7 Å². The fraction of sp³-hybridized carbons (Fsp3) is 0.150. The lowest BCUT2D eigenvalue weighted by Gasteiger charge is -2.10. The van der Waals surface area contributed by atoms with Gasteiger partial charge in [0, 0.05) is 30.7 Å². The van der Waals surface area contributed by atoms with Gasteiger partial charge in [0.2, 0.25) is 5.91 Å². The third-order valence-corrected chi connectivity index (χ3v) is 3.95. The van der Waals surface area contributed by atoms with Crippen LogP contribution in [-0.4, -0.2) is 34.2 Å². The smallest absolute Gasteiger partial charge is 0.359 e. The fourth-order valence-electron chi connectivity index (χ4n) is 2.72. The fourth-order valence-corrected chi connectivity index (χ4v) is 2.72. The summed E-state index contributed by atoms with van der Waals surface area (Å²) < 4.78 is 6.11. The van der Waals surface area contributed by atoms with E-state index in [0.29, 0.717) is 22.1 Å². The molecule has 0 bridgehead atoms. The summed E-state index contributed by atoms with van der Waals surface area (Å²) in [7, 11) is 1.43. The number of hydrogen-bond donors (Lipinski definition) is 2. The predicted octanol–water partition coefficient (Wildman–Crippen LogP) is 1.69. The van der Waals surface area contributed by atoms with Gasteiger partial charge in [0.05, 0.1) is 5.39 Å². The molecule has 1 aromatic heterocycles. The average Bonchev–Trinajstić information content (AvgIpc) is 2.68. The zero-order valence-electron chi connectivity index (χ0n) is 15.8. The molecule has 0 saturated heterocycles. The number of fused-ring (bicyclic) bond motifs is 1. The topological polar surface area (TPSA) is 119 Å². The molecule has 2 aromatic carbocycles. The van der Waals surface area contributed by atoms with Gasteiger partial charge in [-0.2, -0.15) is 5.10 Å². The monoisotopic (exact) mass is 394 g/mol. The molecule has 1 heterocycles. The molecular formula is C20H18N4O5. The van der Waals surface area contributed by atoms with Crippen LogP contribution in [0.2, 0.25) is 0 Å². The Morgan fingerprint density at radius 1 is 1.00 bits per heavy atom. The van der Waals surface area contributed by atoms with E-state index in [1.807, 2.05) is 0 Å². The van der Waals surface area contributed by atoms with Crippen LogP contribution in [0.25, 0.3) is 10.8 Å². The third kappa shape index (κ3) is 4.64. The minimum Gasteiger partial charge on any atom is -0.451 e. The average molecular weight is 394 g/mol. The maximum absolute atomic E-state index is 12.4. The van der Waals surface area contributed by atoms with Crippen LogP contribution in [0.4, 0.5) is 11.4 Å². The molecule has 0 atom stereocenters. The minimum absolute atomic E-state index is 0.0526. The van der Waals surface area contributed by atoms with E-state index in [4.69, 9.17) is 4.74 Å². The molecule has 9 nitrogen and oxygen atoms in total. The molecule has 3 rings (SSSR count). The Morgan fingerprint density at radius 2 is 1.66 bits per heavy atom. The molecule has 2 N–H and O–H groups in total. The number of aromatic nitrogens is 2. The first kappa shape index (κ1) is 19.7. The predicted molar refractivity (Wildman–Crippen MR) is 107 cm³/mol. The number of benzene rings is 2. The second-order valence-corrected chi connectivity index (χ2v) is 6.21. The molecule has 0 aliphatic carbocycles. The number of carbonyl (C=O) groups excluding carboxylic acids is 3. The van der Waals surface area contributed by atoms with Crippen molar-refractivity contribution < 1.29 is 19.1 Å². The van der Waals surface area contributed by atoms with Crippen molar-refractivity contribution in [2.45, 2.75) is 6.92 Å². The van der Waals surface area contributed by atoms with Gasteiger partial charge in [-0.15, -0.1) is 0 Å². The number of carbonyl (C=O) groups is 3. The second-order valence-electron chi connectivity index (χ2n) is 6.21. The Morgan fingerprint density at radius 3 is 2.34 bits per heavy atom. The standard InChI is InChI=1S/C20H18N4O5/c1-12(25)21-13-6-5-7-14(10-13)22-17(26)11-29-20(28)18-15-8-3-4-9-16(15)19(27)24(2)23-18/h3-10H,11H2,1-2H3,(H,21,25)(H,22,26). The van der Waals surface area contributed by atoms with Gasteiger partial charge in [0.15, 0.2) is 12.3 Å². The second kappa shape index (κ2) is 8.34. The number of nitrogens with one attached hydrogen (secondary N) is 2. The quantitative estimate of drug-likeness (QED) is 0.636. The van der Waals surface area contributed by atoms with Crippen molar-refractivity contribution in [2.75, 3.05) is 17.2 Å². The number of hydrogen-bond acceptors (Lipinski definition) is 6. The summed E-state index contributed by atoms with van der Waals surface area (Å²) in [5.74, 6) is -1.62. The van der Waals surface area contributed by atoms with Crippen LogP contribution in [0, 0.1) is 0 Å². The molecule has 0 radical (unpaired) electrons. The first-order valence-corrected chi connectivity index (χ1v) is 8.66. The van der Waals surface area contributed by atoms with Gasteiger partial charge in [-0.1, -0.05) is 24.3 Å². The van der Waals surface area contributed by atoms with E-state index in [0.717, 1.165) is 4.68 Å². The third-order valence-electron chi connectivity index (χ3n) is 3.95. The zero-order valence-corrected chi connectivity index (χ0v) is 15.8. The van der Waals surface area contributed by atoms with Gasteiger partial charge in [0.25, 0.3) is 11.5 Å². The number of aryl methyl sites for hydroxylation is 1. The molecule has 0 fully saturated rings. The molecule has 148 valence electrons. The maximum Gasteiger partial charge on any atom is 0.359 e. The minimum atomic E-state index is -0.820. The van der Waals surface area contributed by atoms with Crippen molar-refractivity contribution >= 4 is 39.9 Å². The summed E-state index contributed by atoms with van der Waals surface area (Å²) >= 11 is 0. The Balaban J connectivity index is 1.69. The maximum atomic E-state index is 12.4. The van der Waals surface area contributed by atoms with E-state index in [9.17, 15) is 19.2 Å². The summed E-state index contributed by atoms with van der Waals surface area (Å²) in [6, 6.07) is 13.1. The zero-order chi connectivity index (χ0) is 21.0. The summed E-state index contributed by atoms with van der Waals surface area (Å²) in [5.41, 5.74) is 0.563. The molecule has 9 heteroatoms. The van der Waals surface area contributed by atoms with Crippen molar-refractivity contribution in [3.63, 3.8) is 0 Å².